The highest BCUT2D eigenvalue weighted by atomic mass is 32.1. The normalized spacial score (nSPS) is 19.2. The number of carbonyl (C=O) groups is 2. The lowest BCUT2D eigenvalue weighted by atomic mass is 10.0. The van der Waals surface area contributed by atoms with Crippen molar-refractivity contribution in [1.29, 1.82) is 0 Å². The van der Waals surface area contributed by atoms with Gasteiger partial charge in [-0.1, -0.05) is 37.3 Å². The molecule has 1 heterocycles. The standard InChI is InChI=1S/C18H19NO3S/c1-3-22-18(21)15-14(12-7-5-4-6-8-12)10-23-17(15)19-16(20)13-9-11(13)2/h4-8,10-11,13H,3,9H2,1-2H3,(H,19,20)/t11-,13+/m1/s1. The Bertz CT molecular complexity index is 723. The quantitative estimate of drug-likeness (QED) is 0.837. The molecule has 2 aromatic rings. The van der Waals surface area contributed by atoms with Crippen LogP contribution in [0.3, 0.4) is 0 Å². The van der Waals surface area contributed by atoms with E-state index >= 15 is 0 Å². The minimum atomic E-state index is -0.397. The van der Waals surface area contributed by atoms with Crippen molar-refractivity contribution >= 4 is 28.2 Å². The molecule has 0 unspecified atom stereocenters. The van der Waals surface area contributed by atoms with E-state index in [0.717, 1.165) is 17.5 Å². The lowest BCUT2D eigenvalue weighted by Gasteiger charge is -2.08. The first-order valence-electron chi connectivity index (χ1n) is 7.76. The summed E-state index contributed by atoms with van der Waals surface area (Å²) in [5.74, 6) is 0.0816. The van der Waals surface area contributed by atoms with E-state index in [1.807, 2.05) is 35.7 Å². The number of hydrogen-bond acceptors (Lipinski definition) is 4. The third kappa shape index (κ3) is 3.29. The molecule has 0 bridgehead atoms. The van der Waals surface area contributed by atoms with Crippen LogP contribution in [0.1, 0.15) is 30.6 Å². The molecule has 0 aliphatic heterocycles. The molecule has 23 heavy (non-hydrogen) atoms. The number of benzene rings is 1. The van der Waals surface area contributed by atoms with Crippen LogP contribution < -0.4 is 5.32 Å². The van der Waals surface area contributed by atoms with Gasteiger partial charge in [-0.05, 0) is 24.8 Å². The SMILES string of the molecule is CCOC(=O)c1c(-c2ccccc2)csc1NC(=O)[C@H]1C[C@H]1C. The van der Waals surface area contributed by atoms with Crippen LogP contribution in [-0.2, 0) is 9.53 Å². The summed E-state index contributed by atoms with van der Waals surface area (Å²) < 4.78 is 5.18. The third-order valence-corrected chi connectivity index (χ3v) is 4.93. The topological polar surface area (TPSA) is 55.4 Å². The van der Waals surface area contributed by atoms with Crippen LogP contribution in [0.5, 0.6) is 0 Å². The maximum absolute atomic E-state index is 12.4. The molecule has 120 valence electrons. The highest BCUT2D eigenvalue weighted by Gasteiger charge is 2.39. The van der Waals surface area contributed by atoms with Gasteiger partial charge in [-0.15, -0.1) is 11.3 Å². The summed E-state index contributed by atoms with van der Waals surface area (Å²) in [4.78, 5) is 24.6. The molecule has 1 saturated carbocycles. The van der Waals surface area contributed by atoms with E-state index in [9.17, 15) is 9.59 Å². The van der Waals surface area contributed by atoms with Crippen LogP contribution in [0.2, 0.25) is 0 Å². The largest absolute Gasteiger partial charge is 0.462 e. The van der Waals surface area contributed by atoms with Crippen molar-refractivity contribution in [3.63, 3.8) is 0 Å². The molecule has 0 saturated heterocycles. The summed E-state index contributed by atoms with van der Waals surface area (Å²) in [5.41, 5.74) is 2.19. The summed E-state index contributed by atoms with van der Waals surface area (Å²) >= 11 is 1.37. The molecule has 1 amide bonds. The van der Waals surface area contributed by atoms with Gasteiger partial charge in [0.2, 0.25) is 5.91 Å². The van der Waals surface area contributed by atoms with E-state index in [1.165, 1.54) is 11.3 Å². The number of amides is 1. The van der Waals surface area contributed by atoms with Crippen LogP contribution in [0.4, 0.5) is 5.00 Å². The van der Waals surface area contributed by atoms with E-state index in [1.54, 1.807) is 6.92 Å². The Morgan fingerprint density at radius 3 is 2.61 bits per heavy atom. The van der Waals surface area contributed by atoms with E-state index < -0.39 is 5.97 Å². The van der Waals surface area contributed by atoms with Gasteiger partial charge in [-0.3, -0.25) is 4.79 Å². The predicted molar refractivity (Wildman–Crippen MR) is 91.6 cm³/mol. The number of thiophene rings is 1. The lowest BCUT2D eigenvalue weighted by Crippen LogP contribution is -2.16. The molecule has 0 radical (unpaired) electrons. The van der Waals surface area contributed by atoms with Gasteiger partial charge in [0.05, 0.1) is 6.61 Å². The number of hydrogen-bond donors (Lipinski definition) is 1. The van der Waals surface area contributed by atoms with Crippen LogP contribution in [0, 0.1) is 11.8 Å². The van der Waals surface area contributed by atoms with E-state index in [2.05, 4.69) is 12.2 Å². The Morgan fingerprint density at radius 1 is 1.30 bits per heavy atom. The van der Waals surface area contributed by atoms with Crippen LogP contribution in [0.15, 0.2) is 35.7 Å². The van der Waals surface area contributed by atoms with Gasteiger partial charge < -0.3 is 10.1 Å². The molecule has 5 heteroatoms. The van der Waals surface area contributed by atoms with Gasteiger partial charge in [-0.25, -0.2) is 4.79 Å². The summed E-state index contributed by atoms with van der Waals surface area (Å²) in [6.45, 7) is 4.13. The molecule has 1 aliphatic rings. The van der Waals surface area contributed by atoms with Crippen LogP contribution >= 0.6 is 11.3 Å². The molecular weight excluding hydrogens is 310 g/mol. The predicted octanol–water partition coefficient (Wildman–Crippen LogP) is 4.19. The van der Waals surface area contributed by atoms with Crippen molar-refractivity contribution in [2.75, 3.05) is 11.9 Å². The summed E-state index contributed by atoms with van der Waals surface area (Å²) in [5, 5.41) is 5.38. The zero-order valence-electron chi connectivity index (χ0n) is 13.2. The molecule has 1 fully saturated rings. The molecule has 2 atom stereocenters. The fourth-order valence-electron chi connectivity index (χ4n) is 2.58. The highest BCUT2D eigenvalue weighted by molar-refractivity contribution is 7.15. The number of carbonyl (C=O) groups excluding carboxylic acids is 2. The second kappa shape index (κ2) is 6.54. The van der Waals surface area contributed by atoms with Crippen molar-refractivity contribution in [3.05, 3.63) is 41.3 Å². The zero-order chi connectivity index (χ0) is 16.4. The second-order valence-electron chi connectivity index (χ2n) is 5.75. The first-order valence-corrected chi connectivity index (χ1v) is 8.64. The summed E-state index contributed by atoms with van der Waals surface area (Å²) in [6.07, 6.45) is 0.914. The molecule has 4 nitrogen and oxygen atoms in total. The average Bonchev–Trinajstić information content (AvgIpc) is 3.14. The van der Waals surface area contributed by atoms with Crippen molar-refractivity contribution in [3.8, 4) is 11.1 Å². The summed E-state index contributed by atoms with van der Waals surface area (Å²) in [6, 6.07) is 9.66. The minimum absolute atomic E-state index is 0.00971. The Hall–Kier alpha value is -2.14. The summed E-state index contributed by atoms with van der Waals surface area (Å²) in [7, 11) is 0. The Balaban J connectivity index is 1.94. The van der Waals surface area contributed by atoms with Crippen molar-refractivity contribution in [2.45, 2.75) is 20.3 Å². The Labute approximate surface area is 139 Å². The highest BCUT2D eigenvalue weighted by Crippen LogP contribution is 2.41. The van der Waals surface area contributed by atoms with Crippen molar-refractivity contribution < 1.29 is 14.3 Å². The van der Waals surface area contributed by atoms with Gasteiger partial charge in [0.25, 0.3) is 0 Å². The van der Waals surface area contributed by atoms with Crippen molar-refractivity contribution in [2.24, 2.45) is 11.8 Å². The number of esters is 1. The number of rotatable bonds is 5. The second-order valence-corrected chi connectivity index (χ2v) is 6.63. The van der Waals surface area contributed by atoms with Crippen LogP contribution in [-0.4, -0.2) is 18.5 Å². The number of nitrogens with one attached hydrogen (secondary N) is 1. The van der Waals surface area contributed by atoms with Gasteiger partial charge in [-0.2, -0.15) is 0 Å². The fourth-order valence-corrected chi connectivity index (χ4v) is 3.54. The van der Waals surface area contributed by atoms with E-state index in [-0.39, 0.29) is 11.8 Å². The van der Waals surface area contributed by atoms with Gasteiger partial charge >= 0.3 is 5.97 Å². The smallest absolute Gasteiger partial charge is 0.341 e. The average molecular weight is 329 g/mol. The Morgan fingerprint density at radius 2 is 2.00 bits per heavy atom. The molecule has 1 N–H and O–H groups in total. The molecular formula is C18H19NO3S. The first-order chi connectivity index (χ1) is 11.1. The van der Waals surface area contributed by atoms with E-state index in [4.69, 9.17) is 4.74 Å². The fraction of sp³-hybridized carbons (Fsp3) is 0.333. The first kappa shape index (κ1) is 15.7. The molecule has 1 aromatic heterocycles. The number of anilines is 1. The molecule has 1 aromatic carbocycles. The molecule has 1 aliphatic carbocycles. The molecule has 3 rings (SSSR count). The monoisotopic (exact) mass is 329 g/mol. The lowest BCUT2D eigenvalue weighted by molar-refractivity contribution is -0.117. The van der Waals surface area contributed by atoms with Crippen molar-refractivity contribution in [1.82, 2.24) is 0 Å². The van der Waals surface area contributed by atoms with Gasteiger partial charge in [0.15, 0.2) is 0 Å². The third-order valence-electron chi connectivity index (χ3n) is 4.04. The van der Waals surface area contributed by atoms with Gasteiger partial charge in [0.1, 0.15) is 10.6 Å². The van der Waals surface area contributed by atoms with Gasteiger partial charge in [0, 0.05) is 16.9 Å². The maximum atomic E-state index is 12.4. The van der Waals surface area contributed by atoms with Crippen LogP contribution in [0.25, 0.3) is 11.1 Å². The maximum Gasteiger partial charge on any atom is 0.341 e. The Kier molecular flexibility index (Phi) is 4.48. The molecule has 0 spiro atoms. The zero-order valence-corrected chi connectivity index (χ0v) is 14.0. The number of ether oxygens (including phenoxy) is 1. The minimum Gasteiger partial charge on any atom is -0.462 e. The van der Waals surface area contributed by atoms with E-state index in [0.29, 0.717) is 23.1 Å².